The van der Waals surface area contributed by atoms with Crippen LogP contribution >= 0.6 is 0 Å². The average molecular weight is 283 g/mol. The number of carbonyl (C=O) groups excluding carboxylic acids is 1. The SMILES string of the molecule is CCC/C=C/C[C@@H](C)OC(=O)N1C(C)(C)COC1(C)C. The quantitative estimate of drug-likeness (QED) is 0.713. The number of rotatable bonds is 5. The number of amides is 1. The number of hydrogen-bond acceptors (Lipinski definition) is 3. The van der Waals surface area contributed by atoms with Crippen molar-refractivity contribution in [1.82, 2.24) is 4.90 Å². The van der Waals surface area contributed by atoms with Crippen LogP contribution in [0.15, 0.2) is 12.2 Å². The molecule has 0 aliphatic carbocycles. The van der Waals surface area contributed by atoms with Crippen LogP contribution in [0.4, 0.5) is 4.79 Å². The van der Waals surface area contributed by atoms with Crippen molar-refractivity contribution in [2.45, 2.75) is 78.2 Å². The fraction of sp³-hybridized carbons (Fsp3) is 0.812. The van der Waals surface area contributed by atoms with Crippen molar-refractivity contribution in [2.75, 3.05) is 6.61 Å². The van der Waals surface area contributed by atoms with E-state index in [0.717, 1.165) is 19.3 Å². The Bertz CT molecular complexity index is 345. The predicted molar refractivity (Wildman–Crippen MR) is 80.6 cm³/mol. The fourth-order valence-corrected chi connectivity index (χ4v) is 2.52. The van der Waals surface area contributed by atoms with Crippen molar-refractivity contribution in [2.24, 2.45) is 0 Å². The first kappa shape index (κ1) is 17.0. The number of carbonyl (C=O) groups is 1. The monoisotopic (exact) mass is 283 g/mol. The van der Waals surface area contributed by atoms with E-state index in [1.165, 1.54) is 0 Å². The second-order valence-electron chi connectivity index (χ2n) is 6.57. The van der Waals surface area contributed by atoms with Gasteiger partial charge in [-0.2, -0.15) is 0 Å². The predicted octanol–water partition coefficient (Wildman–Crippen LogP) is 4.10. The van der Waals surface area contributed by atoms with Gasteiger partial charge in [0.05, 0.1) is 12.1 Å². The highest BCUT2D eigenvalue weighted by Gasteiger charge is 2.49. The van der Waals surface area contributed by atoms with Crippen LogP contribution in [-0.4, -0.2) is 35.0 Å². The van der Waals surface area contributed by atoms with Crippen LogP contribution in [-0.2, 0) is 9.47 Å². The van der Waals surface area contributed by atoms with Gasteiger partial charge in [-0.1, -0.05) is 25.5 Å². The summed E-state index contributed by atoms with van der Waals surface area (Å²) < 4.78 is 11.2. The summed E-state index contributed by atoms with van der Waals surface area (Å²) >= 11 is 0. The maximum atomic E-state index is 12.4. The molecule has 0 unspecified atom stereocenters. The molecule has 1 atom stereocenters. The van der Waals surface area contributed by atoms with Crippen LogP contribution in [0.2, 0.25) is 0 Å². The van der Waals surface area contributed by atoms with Crippen LogP contribution < -0.4 is 0 Å². The largest absolute Gasteiger partial charge is 0.446 e. The summed E-state index contributed by atoms with van der Waals surface area (Å²) in [6.45, 7) is 12.4. The lowest BCUT2D eigenvalue weighted by atomic mass is 10.0. The lowest BCUT2D eigenvalue weighted by Gasteiger charge is -2.37. The van der Waals surface area contributed by atoms with Gasteiger partial charge in [-0.25, -0.2) is 4.79 Å². The Morgan fingerprint density at radius 2 is 2.00 bits per heavy atom. The van der Waals surface area contributed by atoms with E-state index < -0.39 is 5.72 Å². The molecule has 0 aromatic heterocycles. The Labute approximate surface area is 123 Å². The first-order valence-corrected chi connectivity index (χ1v) is 7.50. The summed E-state index contributed by atoms with van der Waals surface area (Å²) in [6, 6.07) is 0. The molecule has 1 fully saturated rings. The zero-order chi connectivity index (χ0) is 15.4. The van der Waals surface area contributed by atoms with E-state index >= 15 is 0 Å². The van der Waals surface area contributed by atoms with Gasteiger partial charge in [0.25, 0.3) is 0 Å². The van der Waals surface area contributed by atoms with Crippen molar-refractivity contribution in [3.05, 3.63) is 12.2 Å². The van der Waals surface area contributed by atoms with E-state index in [-0.39, 0.29) is 17.7 Å². The van der Waals surface area contributed by atoms with E-state index in [9.17, 15) is 4.79 Å². The van der Waals surface area contributed by atoms with Gasteiger partial charge in [0.15, 0.2) is 0 Å². The summed E-state index contributed by atoms with van der Waals surface area (Å²) in [4.78, 5) is 14.1. The van der Waals surface area contributed by atoms with Crippen molar-refractivity contribution >= 4 is 6.09 Å². The molecular weight excluding hydrogens is 254 g/mol. The third-order valence-electron chi connectivity index (χ3n) is 3.50. The minimum atomic E-state index is -0.613. The minimum absolute atomic E-state index is 0.122. The van der Waals surface area contributed by atoms with Gasteiger partial charge in [0, 0.05) is 6.42 Å². The van der Waals surface area contributed by atoms with Crippen LogP contribution in [0.5, 0.6) is 0 Å². The van der Waals surface area contributed by atoms with Crippen LogP contribution in [0, 0.1) is 0 Å². The molecule has 0 saturated carbocycles. The summed E-state index contributed by atoms with van der Waals surface area (Å²) in [5.74, 6) is 0. The average Bonchev–Trinajstić information content (AvgIpc) is 2.54. The lowest BCUT2D eigenvalue weighted by Crippen LogP contribution is -2.53. The third-order valence-corrected chi connectivity index (χ3v) is 3.50. The van der Waals surface area contributed by atoms with Crippen molar-refractivity contribution in [3.63, 3.8) is 0 Å². The Hall–Kier alpha value is -1.03. The van der Waals surface area contributed by atoms with Gasteiger partial charge in [-0.15, -0.1) is 0 Å². The molecular formula is C16H29NO3. The number of unbranched alkanes of at least 4 members (excludes halogenated alkanes) is 1. The second-order valence-corrected chi connectivity index (χ2v) is 6.57. The number of nitrogens with zero attached hydrogens (tertiary/aromatic N) is 1. The van der Waals surface area contributed by atoms with E-state index in [1.54, 1.807) is 4.90 Å². The third kappa shape index (κ3) is 4.23. The second kappa shape index (κ2) is 6.61. The van der Waals surface area contributed by atoms with E-state index in [4.69, 9.17) is 9.47 Å². The highest BCUT2D eigenvalue weighted by molar-refractivity contribution is 5.70. The van der Waals surface area contributed by atoms with E-state index in [2.05, 4.69) is 19.1 Å². The van der Waals surface area contributed by atoms with Gasteiger partial charge in [0.1, 0.15) is 11.8 Å². The summed E-state index contributed by atoms with van der Waals surface area (Å²) in [6.07, 6.45) is 6.76. The zero-order valence-corrected chi connectivity index (χ0v) is 13.7. The zero-order valence-electron chi connectivity index (χ0n) is 13.7. The molecule has 4 nitrogen and oxygen atoms in total. The van der Waals surface area contributed by atoms with Gasteiger partial charge in [-0.3, -0.25) is 4.90 Å². The molecule has 0 N–H and O–H groups in total. The molecule has 0 spiro atoms. The Kier molecular flexibility index (Phi) is 5.63. The summed E-state index contributed by atoms with van der Waals surface area (Å²) in [5, 5.41) is 0. The normalized spacial score (nSPS) is 22.2. The molecule has 116 valence electrons. The molecule has 1 rings (SSSR count). The molecule has 1 aliphatic heterocycles. The minimum Gasteiger partial charge on any atom is -0.446 e. The van der Waals surface area contributed by atoms with Gasteiger partial charge in [-0.05, 0) is 41.0 Å². The summed E-state index contributed by atoms with van der Waals surface area (Å²) in [5.41, 5.74) is -0.948. The van der Waals surface area contributed by atoms with Gasteiger partial charge < -0.3 is 9.47 Å². The first-order chi connectivity index (χ1) is 9.20. The van der Waals surface area contributed by atoms with Gasteiger partial charge in [0.2, 0.25) is 0 Å². The first-order valence-electron chi connectivity index (χ1n) is 7.50. The van der Waals surface area contributed by atoms with E-state index in [1.807, 2.05) is 34.6 Å². The molecule has 1 heterocycles. The molecule has 20 heavy (non-hydrogen) atoms. The smallest absolute Gasteiger partial charge is 0.412 e. The number of ether oxygens (including phenoxy) is 2. The molecule has 0 bridgehead atoms. The molecule has 0 radical (unpaired) electrons. The van der Waals surface area contributed by atoms with Gasteiger partial charge >= 0.3 is 6.09 Å². The summed E-state index contributed by atoms with van der Waals surface area (Å²) in [7, 11) is 0. The van der Waals surface area contributed by atoms with Crippen molar-refractivity contribution in [3.8, 4) is 0 Å². The number of hydrogen-bond donors (Lipinski definition) is 0. The van der Waals surface area contributed by atoms with Crippen LogP contribution in [0.1, 0.15) is 60.8 Å². The standard InChI is InChI=1S/C16H29NO3/c1-7-8-9-10-11-13(2)20-14(18)17-15(3,4)12-19-16(17,5)6/h9-10,13H,7-8,11-12H2,1-6H3/b10-9+/t13-/m1/s1. The van der Waals surface area contributed by atoms with Crippen molar-refractivity contribution in [1.29, 1.82) is 0 Å². The fourth-order valence-electron chi connectivity index (χ4n) is 2.52. The molecule has 0 aromatic rings. The topological polar surface area (TPSA) is 38.8 Å². The lowest BCUT2D eigenvalue weighted by molar-refractivity contribution is -0.0569. The Morgan fingerprint density at radius 1 is 1.35 bits per heavy atom. The molecule has 4 heteroatoms. The van der Waals surface area contributed by atoms with E-state index in [0.29, 0.717) is 6.61 Å². The Morgan fingerprint density at radius 3 is 2.50 bits per heavy atom. The van der Waals surface area contributed by atoms with Crippen molar-refractivity contribution < 1.29 is 14.3 Å². The molecule has 1 amide bonds. The Balaban J connectivity index is 2.57. The number of allylic oxidation sites excluding steroid dienone is 1. The molecule has 1 saturated heterocycles. The van der Waals surface area contributed by atoms with Crippen LogP contribution in [0.3, 0.4) is 0 Å². The molecule has 0 aromatic carbocycles. The molecule has 1 aliphatic rings. The highest BCUT2D eigenvalue weighted by atomic mass is 16.6. The highest BCUT2D eigenvalue weighted by Crippen LogP contribution is 2.35. The maximum absolute atomic E-state index is 12.4. The maximum Gasteiger partial charge on any atom is 0.412 e. The van der Waals surface area contributed by atoms with Crippen LogP contribution in [0.25, 0.3) is 0 Å².